The molecule has 31 heavy (non-hydrogen) atoms. The van der Waals surface area contributed by atoms with Gasteiger partial charge in [0.05, 0.1) is 21.8 Å². The van der Waals surface area contributed by atoms with Crippen LogP contribution in [-0.2, 0) is 6.18 Å². The van der Waals surface area contributed by atoms with E-state index in [1.807, 2.05) is 33.8 Å². The van der Waals surface area contributed by atoms with Crippen LogP contribution in [0.5, 0.6) is 0 Å². The van der Waals surface area contributed by atoms with Crippen molar-refractivity contribution in [3.05, 3.63) is 45.9 Å². The number of alkyl halides is 3. The van der Waals surface area contributed by atoms with Crippen LogP contribution in [0.3, 0.4) is 0 Å². The number of thiazole rings is 1. The first kappa shape index (κ1) is 21.8. The SMILES string of the molecule is CC1(C)CC(N=Cc2c(C(F)(F)F)[nH]n(-c3nc4ccccc4s3)c2=O)CC(C)(C)N1. The number of piperidine rings is 1. The highest BCUT2D eigenvalue weighted by molar-refractivity contribution is 7.20. The van der Waals surface area contributed by atoms with Crippen LogP contribution in [-0.4, -0.2) is 38.1 Å². The lowest BCUT2D eigenvalue weighted by Crippen LogP contribution is -2.58. The van der Waals surface area contributed by atoms with Crippen molar-refractivity contribution in [2.24, 2.45) is 4.99 Å². The van der Waals surface area contributed by atoms with E-state index in [1.165, 1.54) is 0 Å². The van der Waals surface area contributed by atoms with Gasteiger partial charge in [-0.25, -0.2) is 4.98 Å². The number of H-pyrrole nitrogens is 1. The lowest BCUT2D eigenvalue weighted by molar-refractivity contribution is -0.141. The number of nitrogens with one attached hydrogen (secondary N) is 2. The van der Waals surface area contributed by atoms with Gasteiger partial charge in [-0.15, -0.1) is 0 Å². The maximum atomic E-state index is 13.7. The standard InChI is InChI=1S/C21H24F3N5OS/c1-19(2)9-12(10-20(3,4)28-19)25-11-13-16(21(22,23)24)27-29(17(13)30)18-26-14-7-5-6-8-15(14)31-18/h5-8,11-12,27-28H,9-10H2,1-4H3. The Labute approximate surface area is 181 Å². The summed E-state index contributed by atoms with van der Waals surface area (Å²) >= 11 is 1.14. The number of aromatic amines is 1. The van der Waals surface area contributed by atoms with Gasteiger partial charge < -0.3 is 5.32 Å². The number of fused-ring (bicyclic) bond motifs is 1. The Kier molecular flexibility index (Phi) is 5.13. The quantitative estimate of drug-likeness (QED) is 0.575. The molecule has 166 valence electrons. The molecule has 2 aromatic heterocycles. The summed E-state index contributed by atoms with van der Waals surface area (Å²) in [5.74, 6) is 0. The predicted molar refractivity (Wildman–Crippen MR) is 116 cm³/mol. The molecule has 0 spiro atoms. The van der Waals surface area contributed by atoms with E-state index in [9.17, 15) is 18.0 Å². The number of hydrogen-bond donors (Lipinski definition) is 2. The molecule has 2 N–H and O–H groups in total. The number of nitrogens with zero attached hydrogens (tertiary/aromatic N) is 3. The van der Waals surface area contributed by atoms with Crippen molar-refractivity contribution >= 4 is 27.8 Å². The summed E-state index contributed by atoms with van der Waals surface area (Å²) in [6.07, 6.45) is -2.34. The third-order valence-corrected chi connectivity index (χ3v) is 6.29. The maximum Gasteiger partial charge on any atom is 0.433 e. The lowest BCUT2D eigenvalue weighted by Gasteiger charge is -2.45. The molecular weight excluding hydrogens is 427 g/mol. The second kappa shape index (κ2) is 7.30. The minimum Gasteiger partial charge on any atom is -0.307 e. The zero-order valence-electron chi connectivity index (χ0n) is 17.7. The summed E-state index contributed by atoms with van der Waals surface area (Å²) in [6.45, 7) is 8.14. The molecule has 4 rings (SSSR count). The van der Waals surface area contributed by atoms with Gasteiger partial charge in [0.1, 0.15) is 0 Å². The van der Waals surface area contributed by atoms with Crippen molar-refractivity contribution < 1.29 is 13.2 Å². The molecular formula is C21H24F3N5OS. The van der Waals surface area contributed by atoms with Gasteiger partial charge in [-0.2, -0.15) is 17.9 Å². The Morgan fingerprint density at radius 1 is 1.19 bits per heavy atom. The number of halogens is 3. The number of aliphatic imine (C=N–C) groups is 1. The summed E-state index contributed by atoms with van der Waals surface area (Å²) < 4.78 is 42.7. The average Bonchev–Trinajstić information content (AvgIpc) is 3.17. The first-order valence-electron chi connectivity index (χ1n) is 9.95. The summed E-state index contributed by atoms with van der Waals surface area (Å²) in [4.78, 5) is 21.6. The Morgan fingerprint density at radius 2 is 1.84 bits per heavy atom. The van der Waals surface area contributed by atoms with Crippen molar-refractivity contribution in [1.82, 2.24) is 20.1 Å². The fraction of sp³-hybridized carbons (Fsp3) is 0.476. The molecule has 1 aromatic carbocycles. The van der Waals surface area contributed by atoms with Crippen LogP contribution >= 0.6 is 11.3 Å². The Morgan fingerprint density at radius 3 is 2.45 bits per heavy atom. The predicted octanol–water partition coefficient (Wildman–Crippen LogP) is 4.52. The fourth-order valence-corrected chi connectivity index (χ4v) is 5.36. The molecule has 0 aliphatic carbocycles. The van der Waals surface area contributed by atoms with E-state index in [0.717, 1.165) is 26.9 Å². The van der Waals surface area contributed by atoms with Gasteiger partial charge >= 0.3 is 6.18 Å². The lowest BCUT2D eigenvalue weighted by atomic mass is 9.80. The highest BCUT2D eigenvalue weighted by Crippen LogP contribution is 2.32. The average molecular weight is 452 g/mol. The van der Waals surface area contributed by atoms with E-state index in [4.69, 9.17) is 0 Å². The van der Waals surface area contributed by atoms with E-state index in [-0.39, 0.29) is 22.3 Å². The molecule has 0 amide bonds. The van der Waals surface area contributed by atoms with Crippen molar-refractivity contribution in [3.63, 3.8) is 0 Å². The van der Waals surface area contributed by atoms with Crippen LogP contribution in [0, 0.1) is 0 Å². The second-order valence-electron chi connectivity index (χ2n) is 9.24. The molecule has 0 atom stereocenters. The monoisotopic (exact) mass is 451 g/mol. The largest absolute Gasteiger partial charge is 0.433 e. The Balaban J connectivity index is 1.75. The van der Waals surface area contributed by atoms with Gasteiger partial charge in [-0.05, 0) is 52.7 Å². The van der Waals surface area contributed by atoms with Crippen LogP contribution in [0.2, 0.25) is 0 Å². The van der Waals surface area contributed by atoms with Crippen molar-refractivity contribution in [2.45, 2.75) is 63.8 Å². The van der Waals surface area contributed by atoms with Gasteiger partial charge in [0.2, 0.25) is 5.13 Å². The molecule has 1 saturated heterocycles. The zero-order chi connectivity index (χ0) is 22.6. The first-order valence-corrected chi connectivity index (χ1v) is 10.8. The van der Waals surface area contributed by atoms with Gasteiger partial charge in [-0.1, -0.05) is 23.5 Å². The van der Waals surface area contributed by atoms with E-state index < -0.39 is 23.0 Å². The minimum atomic E-state index is -4.73. The van der Waals surface area contributed by atoms with Crippen LogP contribution in [0.25, 0.3) is 15.3 Å². The highest BCUT2D eigenvalue weighted by Gasteiger charge is 2.39. The third kappa shape index (κ3) is 4.45. The number of hydrogen-bond acceptors (Lipinski definition) is 5. The summed E-state index contributed by atoms with van der Waals surface area (Å²) in [5, 5.41) is 5.88. The van der Waals surface area contributed by atoms with Gasteiger partial charge in [0, 0.05) is 17.3 Å². The topological polar surface area (TPSA) is 75.1 Å². The van der Waals surface area contributed by atoms with E-state index in [1.54, 1.807) is 18.2 Å². The molecule has 3 heterocycles. The molecule has 0 unspecified atom stereocenters. The van der Waals surface area contributed by atoms with Crippen LogP contribution < -0.4 is 10.9 Å². The zero-order valence-corrected chi connectivity index (χ0v) is 18.5. The third-order valence-electron chi connectivity index (χ3n) is 5.27. The summed E-state index contributed by atoms with van der Waals surface area (Å²) in [7, 11) is 0. The van der Waals surface area contributed by atoms with Gasteiger partial charge in [0.25, 0.3) is 5.56 Å². The number of aromatic nitrogens is 3. The minimum absolute atomic E-state index is 0.153. The molecule has 6 nitrogen and oxygen atoms in total. The fourth-order valence-electron chi connectivity index (χ4n) is 4.43. The van der Waals surface area contributed by atoms with E-state index in [2.05, 4.69) is 20.4 Å². The molecule has 0 radical (unpaired) electrons. The summed E-state index contributed by atoms with van der Waals surface area (Å²) in [5.41, 5.74) is -2.24. The second-order valence-corrected chi connectivity index (χ2v) is 10.2. The summed E-state index contributed by atoms with van der Waals surface area (Å²) in [6, 6.07) is 6.94. The van der Waals surface area contributed by atoms with Gasteiger partial charge in [0.15, 0.2) is 5.69 Å². The molecule has 10 heteroatoms. The number of rotatable bonds is 3. The molecule has 0 saturated carbocycles. The smallest absolute Gasteiger partial charge is 0.307 e. The van der Waals surface area contributed by atoms with Crippen molar-refractivity contribution in [3.8, 4) is 5.13 Å². The van der Waals surface area contributed by atoms with Crippen LogP contribution in [0.4, 0.5) is 13.2 Å². The normalized spacial score (nSPS) is 19.5. The highest BCUT2D eigenvalue weighted by atomic mass is 32.1. The van der Waals surface area contributed by atoms with Crippen LogP contribution in [0.15, 0.2) is 34.1 Å². The van der Waals surface area contributed by atoms with E-state index in [0.29, 0.717) is 18.4 Å². The number of para-hydroxylation sites is 1. The molecule has 1 fully saturated rings. The van der Waals surface area contributed by atoms with Crippen molar-refractivity contribution in [2.75, 3.05) is 0 Å². The Hall–Kier alpha value is -2.46. The molecule has 1 aliphatic heterocycles. The molecule has 1 aliphatic rings. The van der Waals surface area contributed by atoms with E-state index >= 15 is 0 Å². The maximum absolute atomic E-state index is 13.7. The van der Waals surface area contributed by atoms with Gasteiger partial charge in [-0.3, -0.25) is 14.9 Å². The first-order chi connectivity index (χ1) is 14.3. The molecule has 3 aromatic rings. The Bertz CT molecular complexity index is 1150. The van der Waals surface area contributed by atoms with Crippen LogP contribution in [0.1, 0.15) is 51.8 Å². The number of benzene rings is 1. The van der Waals surface area contributed by atoms with Crippen molar-refractivity contribution in [1.29, 1.82) is 0 Å². The molecule has 0 bridgehead atoms.